The van der Waals surface area contributed by atoms with Gasteiger partial charge in [-0.2, -0.15) is 10.2 Å². The van der Waals surface area contributed by atoms with Crippen LogP contribution in [0.15, 0.2) is 49.3 Å². The van der Waals surface area contributed by atoms with Crippen LogP contribution in [0.2, 0.25) is 0 Å². The minimum Gasteiger partial charge on any atom is -0.381 e. The first-order valence-corrected chi connectivity index (χ1v) is 9.90. The lowest BCUT2D eigenvalue weighted by atomic mass is 9.89. The maximum absolute atomic E-state index is 13.1. The van der Waals surface area contributed by atoms with Crippen LogP contribution in [0.1, 0.15) is 33.6 Å². The summed E-state index contributed by atoms with van der Waals surface area (Å²) in [5.41, 5.74) is 1.06. The molecule has 0 spiro atoms. The molecule has 5 rings (SSSR count). The van der Waals surface area contributed by atoms with Crippen molar-refractivity contribution in [1.29, 1.82) is 0 Å². The van der Waals surface area contributed by atoms with E-state index < -0.39 is 5.54 Å². The third-order valence-electron chi connectivity index (χ3n) is 5.46. The SMILES string of the molecule is O=C(NCC1(NC(=O)c2cnn3cccnc23)CCOCC1)c1cnn2cccnc12. The smallest absolute Gasteiger partial charge is 0.257 e. The number of carbonyl (C=O) groups is 2. The largest absolute Gasteiger partial charge is 0.381 e. The van der Waals surface area contributed by atoms with Crippen LogP contribution in [-0.2, 0) is 4.74 Å². The first kappa shape index (κ1) is 19.1. The highest BCUT2D eigenvalue weighted by atomic mass is 16.5. The van der Waals surface area contributed by atoms with Gasteiger partial charge in [-0.25, -0.2) is 19.0 Å². The number of nitrogens with one attached hydrogen (secondary N) is 2. The predicted molar refractivity (Wildman–Crippen MR) is 109 cm³/mol. The molecule has 0 atom stereocenters. The van der Waals surface area contributed by atoms with Crippen LogP contribution in [0.25, 0.3) is 11.3 Å². The molecule has 31 heavy (non-hydrogen) atoms. The molecular formula is C20H20N8O3. The molecule has 0 aliphatic carbocycles. The molecule has 0 aromatic carbocycles. The van der Waals surface area contributed by atoms with Gasteiger partial charge in [-0.05, 0) is 25.0 Å². The highest BCUT2D eigenvalue weighted by molar-refractivity contribution is 6.01. The van der Waals surface area contributed by atoms with Crippen molar-refractivity contribution in [3.8, 4) is 0 Å². The van der Waals surface area contributed by atoms with Crippen LogP contribution in [0.4, 0.5) is 0 Å². The van der Waals surface area contributed by atoms with Crippen molar-refractivity contribution in [2.75, 3.05) is 19.8 Å². The molecule has 2 amide bonds. The quantitative estimate of drug-likeness (QED) is 0.481. The fourth-order valence-corrected chi connectivity index (χ4v) is 3.74. The summed E-state index contributed by atoms with van der Waals surface area (Å²) in [6.45, 7) is 1.22. The Bertz CT molecular complexity index is 1260. The molecule has 0 radical (unpaired) electrons. The lowest BCUT2D eigenvalue weighted by Gasteiger charge is -2.38. The first-order chi connectivity index (χ1) is 15.2. The van der Waals surface area contributed by atoms with Crippen LogP contribution in [-0.4, -0.2) is 66.3 Å². The molecule has 11 nitrogen and oxygen atoms in total. The number of aromatic nitrogens is 6. The van der Waals surface area contributed by atoms with Crippen LogP contribution < -0.4 is 10.6 Å². The van der Waals surface area contributed by atoms with Gasteiger partial charge in [-0.1, -0.05) is 0 Å². The maximum atomic E-state index is 13.1. The monoisotopic (exact) mass is 420 g/mol. The summed E-state index contributed by atoms with van der Waals surface area (Å²) >= 11 is 0. The van der Waals surface area contributed by atoms with Crippen LogP contribution in [0.3, 0.4) is 0 Å². The Morgan fingerprint density at radius 2 is 1.52 bits per heavy atom. The fraction of sp³-hybridized carbons (Fsp3) is 0.300. The van der Waals surface area contributed by atoms with E-state index in [0.717, 1.165) is 0 Å². The highest BCUT2D eigenvalue weighted by Gasteiger charge is 2.36. The van der Waals surface area contributed by atoms with Crippen LogP contribution in [0, 0.1) is 0 Å². The second-order valence-corrected chi connectivity index (χ2v) is 7.42. The van der Waals surface area contributed by atoms with Crippen molar-refractivity contribution in [2.45, 2.75) is 18.4 Å². The Balaban J connectivity index is 1.35. The molecular weight excluding hydrogens is 400 g/mol. The van der Waals surface area contributed by atoms with Crippen molar-refractivity contribution < 1.29 is 14.3 Å². The molecule has 0 saturated carbocycles. The van der Waals surface area contributed by atoms with E-state index in [1.165, 1.54) is 12.4 Å². The van der Waals surface area contributed by atoms with Gasteiger partial charge in [0.15, 0.2) is 11.3 Å². The van der Waals surface area contributed by atoms with E-state index in [0.29, 0.717) is 48.5 Å². The number of carbonyl (C=O) groups excluding carboxylic acids is 2. The van der Waals surface area contributed by atoms with Gasteiger partial charge in [-0.15, -0.1) is 0 Å². The Kier molecular flexibility index (Phi) is 4.79. The predicted octanol–water partition coefficient (Wildman–Crippen LogP) is 0.481. The summed E-state index contributed by atoms with van der Waals surface area (Å²) in [5, 5.41) is 14.4. The van der Waals surface area contributed by atoms with Crippen molar-refractivity contribution in [2.24, 2.45) is 0 Å². The zero-order chi connectivity index (χ0) is 21.3. The van der Waals surface area contributed by atoms with Crippen molar-refractivity contribution in [3.05, 3.63) is 60.4 Å². The van der Waals surface area contributed by atoms with Crippen molar-refractivity contribution in [1.82, 2.24) is 39.8 Å². The van der Waals surface area contributed by atoms with E-state index in [9.17, 15) is 9.59 Å². The average molecular weight is 420 g/mol. The van der Waals surface area contributed by atoms with Crippen molar-refractivity contribution in [3.63, 3.8) is 0 Å². The molecule has 2 N–H and O–H groups in total. The van der Waals surface area contributed by atoms with E-state index in [1.807, 2.05) is 0 Å². The number of nitrogens with zero attached hydrogens (tertiary/aromatic N) is 6. The molecule has 4 aromatic rings. The normalized spacial score (nSPS) is 15.7. The van der Waals surface area contributed by atoms with E-state index >= 15 is 0 Å². The molecule has 0 unspecified atom stereocenters. The standard InChI is InChI=1S/C20H20N8O3/c29-18(14-11-24-27-7-1-5-21-16(14)27)23-13-20(3-9-31-10-4-20)26-19(30)15-12-25-28-8-2-6-22-17(15)28/h1-2,5-8,11-12H,3-4,9-10,13H2,(H,23,29)(H,26,30). The Hall–Kier alpha value is -3.86. The van der Waals surface area contributed by atoms with E-state index in [-0.39, 0.29) is 18.4 Å². The van der Waals surface area contributed by atoms with E-state index in [4.69, 9.17) is 4.74 Å². The number of hydrogen-bond acceptors (Lipinski definition) is 7. The molecule has 158 valence electrons. The lowest BCUT2D eigenvalue weighted by Crippen LogP contribution is -2.58. The lowest BCUT2D eigenvalue weighted by molar-refractivity contribution is 0.0353. The molecule has 1 aliphatic heterocycles. The van der Waals surface area contributed by atoms with Crippen LogP contribution in [0.5, 0.6) is 0 Å². The summed E-state index contributed by atoms with van der Waals surface area (Å²) < 4.78 is 8.58. The maximum Gasteiger partial charge on any atom is 0.257 e. The number of ether oxygens (including phenoxy) is 1. The van der Waals surface area contributed by atoms with E-state index in [2.05, 4.69) is 30.8 Å². The Morgan fingerprint density at radius 1 is 0.935 bits per heavy atom. The highest BCUT2D eigenvalue weighted by Crippen LogP contribution is 2.22. The topological polar surface area (TPSA) is 128 Å². The number of hydrogen-bond donors (Lipinski definition) is 2. The molecule has 1 saturated heterocycles. The average Bonchev–Trinajstić information content (AvgIpc) is 3.43. The first-order valence-electron chi connectivity index (χ1n) is 9.90. The third kappa shape index (κ3) is 3.59. The molecule has 1 fully saturated rings. The van der Waals surface area contributed by atoms with Gasteiger partial charge in [0.1, 0.15) is 11.1 Å². The number of rotatable bonds is 5. The summed E-state index contributed by atoms with van der Waals surface area (Å²) in [6, 6.07) is 3.48. The zero-order valence-electron chi connectivity index (χ0n) is 16.6. The Morgan fingerprint density at radius 3 is 2.13 bits per heavy atom. The molecule has 0 bridgehead atoms. The summed E-state index contributed by atoms with van der Waals surface area (Å²) in [4.78, 5) is 34.3. The fourth-order valence-electron chi connectivity index (χ4n) is 3.74. The minimum absolute atomic E-state index is 0.248. The summed E-state index contributed by atoms with van der Waals surface area (Å²) in [7, 11) is 0. The van der Waals surface area contributed by atoms with Gasteiger partial charge < -0.3 is 15.4 Å². The minimum atomic E-state index is -0.648. The van der Waals surface area contributed by atoms with Gasteiger partial charge in [0.2, 0.25) is 0 Å². The van der Waals surface area contributed by atoms with Gasteiger partial charge in [0.25, 0.3) is 11.8 Å². The molecule has 1 aliphatic rings. The second-order valence-electron chi connectivity index (χ2n) is 7.42. The molecule has 5 heterocycles. The van der Waals surface area contributed by atoms with Gasteiger partial charge in [0.05, 0.1) is 17.9 Å². The van der Waals surface area contributed by atoms with Crippen LogP contribution >= 0.6 is 0 Å². The van der Waals surface area contributed by atoms with Gasteiger partial charge in [0, 0.05) is 44.5 Å². The number of amides is 2. The van der Waals surface area contributed by atoms with E-state index in [1.54, 1.807) is 46.0 Å². The summed E-state index contributed by atoms with van der Waals surface area (Å²) in [6.07, 6.45) is 10.8. The molecule has 11 heteroatoms. The van der Waals surface area contributed by atoms with Gasteiger partial charge in [-0.3, -0.25) is 9.59 Å². The summed E-state index contributed by atoms with van der Waals surface area (Å²) in [5.74, 6) is -0.589. The Labute approximate surface area is 176 Å². The number of fused-ring (bicyclic) bond motifs is 2. The van der Waals surface area contributed by atoms with Crippen molar-refractivity contribution >= 4 is 23.1 Å². The van der Waals surface area contributed by atoms with Gasteiger partial charge >= 0.3 is 0 Å². The second kappa shape index (κ2) is 7.76. The third-order valence-corrected chi connectivity index (χ3v) is 5.46. The molecule has 4 aromatic heterocycles. The zero-order valence-corrected chi connectivity index (χ0v) is 16.6.